The molecule has 3 aromatic carbocycles. The fourth-order valence-corrected chi connectivity index (χ4v) is 4.65. The van der Waals surface area contributed by atoms with Crippen LogP contribution in [0.15, 0.2) is 90.1 Å². The third kappa shape index (κ3) is 5.61. The highest BCUT2D eigenvalue weighted by atomic mass is 35.5. The van der Waals surface area contributed by atoms with Crippen molar-refractivity contribution in [2.75, 3.05) is 10.2 Å². The molecular weight excluding hydrogens is 466 g/mol. The van der Waals surface area contributed by atoms with Gasteiger partial charge in [0.2, 0.25) is 5.91 Å². The van der Waals surface area contributed by atoms with Crippen molar-refractivity contribution in [2.45, 2.75) is 37.3 Å². The van der Waals surface area contributed by atoms with E-state index >= 15 is 0 Å². The minimum atomic E-state index is -0.369. The number of para-hydroxylation sites is 2. The highest BCUT2D eigenvalue weighted by Crippen LogP contribution is 2.31. The fourth-order valence-electron chi connectivity index (χ4n) is 3.55. The Morgan fingerprint density at radius 2 is 1.56 bits per heavy atom. The maximum Gasteiger partial charge on any atom is 0.244 e. The number of amides is 1. The summed E-state index contributed by atoms with van der Waals surface area (Å²) in [6.07, 6.45) is 0. The molecule has 6 nitrogen and oxygen atoms in total. The summed E-state index contributed by atoms with van der Waals surface area (Å²) in [7, 11) is 0. The second-order valence-electron chi connectivity index (χ2n) is 7.61. The molecule has 4 aromatic rings. The van der Waals surface area contributed by atoms with Crippen LogP contribution in [0.2, 0.25) is 5.02 Å². The highest BCUT2D eigenvalue weighted by molar-refractivity contribution is 8.00. The van der Waals surface area contributed by atoms with Gasteiger partial charge in [-0.3, -0.25) is 9.69 Å². The summed E-state index contributed by atoms with van der Waals surface area (Å²) < 4.78 is 2.03. The van der Waals surface area contributed by atoms with Crippen molar-refractivity contribution < 1.29 is 4.79 Å². The number of halogens is 1. The monoisotopic (exact) mass is 491 g/mol. The molecule has 34 heavy (non-hydrogen) atoms. The van der Waals surface area contributed by atoms with E-state index in [4.69, 9.17) is 11.6 Å². The first-order valence-electron chi connectivity index (χ1n) is 11.1. The zero-order chi connectivity index (χ0) is 23.9. The number of thioether (sulfide) groups is 1. The molecule has 0 saturated carbocycles. The van der Waals surface area contributed by atoms with Crippen molar-refractivity contribution in [2.24, 2.45) is 0 Å². The van der Waals surface area contributed by atoms with Crippen LogP contribution in [0.3, 0.4) is 0 Å². The number of carbonyl (C=O) groups is 1. The van der Waals surface area contributed by atoms with Gasteiger partial charge in [-0.15, -0.1) is 10.2 Å². The summed E-state index contributed by atoms with van der Waals surface area (Å²) in [5.74, 6) is 0.788. The van der Waals surface area contributed by atoms with Crippen LogP contribution in [0.25, 0.3) is 0 Å². The van der Waals surface area contributed by atoms with Crippen LogP contribution in [0.5, 0.6) is 0 Å². The molecule has 0 aliphatic carbocycles. The third-order valence-corrected chi connectivity index (χ3v) is 6.60. The quantitative estimate of drug-likeness (QED) is 0.274. The standard InChI is InChI=1S/C26H26ClN5OS/c1-3-31-24(18-28-21-16-14-20(27)15-17-21)29-30-26(31)34-19(2)25(33)32(22-10-6-4-7-11-22)23-12-8-5-9-13-23/h4-17,19,28H,3,18H2,1-2H3. The van der Waals surface area contributed by atoms with E-state index in [1.165, 1.54) is 11.8 Å². The Morgan fingerprint density at radius 3 is 2.12 bits per heavy atom. The molecule has 0 aliphatic rings. The molecule has 0 aliphatic heterocycles. The minimum absolute atomic E-state index is 0.0195. The number of carbonyl (C=O) groups excluding carboxylic acids is 1. The van der Waals surface area contributed by atoms with Crippen LogP contribution in [-0.4, -0.2) is 25.9 Å². The molecule has 1 heterocycles. The van der Waals surface area contributed by atoms with Crippen LogP contribution in [-0.2, 0) is 17.9 Å². The lowest BCUT2D eigenvalue weighted by Crippen LogP contribution is -2.33. The maximum atomic E-state index is 13.6. The summed E-state index contributed by atoms with van der Waals surface area (Å²) >= 11 is 7.38. The maximum absolute atomic E-state index is 13.6. The van der Waals surface area contributed by atoms with Crippen LogP contribution >= 0.6 is 23.4 Å². The molecule has 1 N–H and O–H groups in total. The first-order chi connectivity index (χ1) is 16.6. The number of rotatable bonds is 9. The van der Waals surface area contributed by atoms with Gasteiger partial charge in [0, 0.05) is 28.6 Å². The van der Waals surface area contributed by atoms with Crippen molar-refractivity contribution in [3.63, 3.8) is 0 Å². The number of benzene rings is 3. The number of anilines is 3. The Balaban J connectivity index is 1.51. The van der Waals surface area contributed by atoms with Gasteiger partial charge in [0.25, 0.3) is 0 Å². The molecular formula is C26H26ClN5OS. The average Bonchev–Trinajstić information content (AvgIpc) is 3.26. The van der Waals surface area contributed by atoms with Crippen LogP contribution < -0.4 is 10.2 Å². The first-order valence-corrected chi connectivity index (χ1v) is 12.3. The molecule has 0 radical (unpaired) electrons. The molecule has 8 heteroatoms. The molecule has 1 unspecified atom stereocenters. The van der Waals surface area contributed by atoms with E-state index in [2.05, 4.69) is 15.5 Å². The minimum Gasteiger partial charge on any atom is -0.378 e. The van der Waals surface area contributed by atoms with Gasteiger partial charge in [-0.2, -0.15) is 0 Å². The number of hydrogen-bond donors (Lipinski definition) is 1. The fraction of sp³-hybridized carbons (Fsp3) is 0.192. The van der Waals surface area contributed by atoms with Gasteiger partial charge < -0.3 is 9.88 Å². The molecule has 1 atom stereocenters. The van der Waals surface area contributed by atoms with Gasteiger partial charge in [-0.1, -0.05) is 59.8 Å². The summed E-state index contributed by atoms with van der Waals surface area (Å²) in [6, 6.07) is 26.9. The summed E-state index contributed by atoms with van der Waals surface area (Å²) in [4.78, 5) is 15.4. The second kappa shape index (κ2) is 11.2. The van der Waals surface area contributed by atoms with Crippen LogP contribution in [0, 0.1) is 0 Å². The predicted molar refractivity (Wildman–Crippen MR) is 140 cm³/mol. The lowest BCUT2D eigenvalue weighted by atomic mass is 10.2. The largest absolute Gasteiger partial charge is 0.378 e. The van der Waals surface area contributed by atoms with Gasteiger partial charge in [0.05, 0.1) is 11.8 Å². The van der Waals surface area contributed by atoms with Gasteiger partial charge in [0.1, 0.15) is 0 Å². The van der Waals surface area contributed by atoms with Crippen molar-refractivity contribution in [1.82, 2.24) is 14.8 Å². The zero-order valence-corrected chi connectivity index (χ0v) is 20.6. The summed E-state index contributed by atoms with van der Waals surface area (Å²) in [5.41, 5.74) is 2.61. The van der Waals surface area contributed by atoms with Crippen molar-refractivity contribution in [3.8, 4) is 0 Å². The van der Waals surface area contributed by atoms with E-state index in [-0.39, 0.29) is 11.2 Å². The average molecular weight is 492 g/mol. The highest BCUT2D eigenvalue weighted by Gasteiger charge is 2.26. The first kappa shape index (κ1) is 23.9. The molecule has 4 rings (SSSR count). The Labute approximate surface area is 209 Å². The summed E-state index contributed by atoms with van der Waals surface area (Å²) in [5, 5.41) is 13.1. The van der Waals surface area contributed by atoms with E-state index in [1.54, 1.807) is 4.90 Å². The molecule has 0 fully saturated rings. The van der Waals surface area contributed by atoms with Gasteiger partial charge >= 0.3 is 0 Å². The van der Waals surface area contributed by atoms with E-state index in [1.807, 2.05) is 103 Å². The normalized spacial score (nSPS) is 11.7. The lowest BCUT2D eigenvalue weighted by Gasteiger charge is -2.25. The number of nitrogens with one attached hydrogen (secondary N) is 1. The van der Waals surface area contributed by atoms with Crippen molar-refractivity contribution >= 4 is 46.3 Å². The van der Waals surface area contributed by atoms with Crippen molar-refractivity contribution in [1.29, 1.82) is 0 Å². The summed E-state index contributed by atoms with van der Waals surface area (Å²) in [6.45, 7) is 5.18. The lowest BCUT2D eigenvalue weighted by molar-refractivity contribution is -0.117. The smallest absolute Gasteiger partial charge is 0.244 e. The van der Waals surface area contributed by atoms with E-state index in [0.29, 0.717) is 18.1 Å². The molecule has 0 saturated heterocycles. The Hall–Kier alpha value is -3.29. The van der Waals surface area contributed by atoms with Gasteiger partial charge in [-0.25, -0.2) is 0 Å². The van der Waals surface area contributed by atoms with Gasteiger partial charge in [0.15, 0.2) is 11.0 Å². The molecule has 0 spiro atoms. The second-order valence-corrected chi connectivity index (χ2v) is 9.35. The molecule has 1 amide bonds. The van der Waals surface area contributed by atoms with Crippen LogP contribution in [0.1, 0.15) is 19.7 Å². The predicted octanol–water partition coefficient (Wildman–Crippen LogP) is 6.41. The Morgan fingerprint density at radius 1 is 0.971 bits per heavy atom. The number of aromatic nitrogens is 3. The molecule has 174 valence electrons. The molecule has 1 aromatic heterocycles. The SMILES string of the molecule is CCn1c(CNc2ccc(Cl)cc2)nnc1SC(C)C(=O)N(c1ccccc1)c1ccccc1. The van der Waals surface area contributed by atoms with Crippen LogP contribution in [0.4, 0.5) is 17.1 Å². The third-order valence-electron chi connectivity index (χ3n) is 5.28. The topological polar surface area (TPSA) is 63.1 Å². The number of nitrogens with zero attached hydrogens (tertiary/aromatic N) is 4. The Bertz CT molecular complexity index is 1180. The van der Waals surface area contributed by atoms with E-state index in [9.17, 15) is 4.79 Å². The van der Waals surface area contributed by atoms with E-state index in [0.717, 1.165) is 28.0 Å². The van der Waals surface area contributed by atoms with Gasteiger partial charge in [-0.05, 0) is 62.4 Å². The molecule has 0 bridgehead atoms. The van der Waals surface area contributed by atoms with E-state index < -0.39 is 0 Å². The Kier molecular flexibility index (Phi) is 7.87. The number of hydrogen-bond acceptors (Lipinski definition) is 5. The van der Waals surface area contributed by atoms with Crippen molar-refractivity contribution in [3.05, 3.63) is 95.8 Å². The zero-order valence-electron chi connectivity index (χ0n) is 19.1.